The van der Waals surface area contributed by atoms with Crippen molar-refractivity contribution in [2.75, 3.05) is 6.61 Å². The molecule has 0 unspecified atom stereocenters. The molecule has 18 heavy (non-hydrogen) atoms. The Morgan fingerprint density at radius 1 is 1.22 bits per heavy atom. The zero-order chi connectivity index (χ0) is 13.0. The highest BCUT2D eigenvalue weighted by Crippen LogP contribution is 2.29. The predicted octanol–water partition coefficient (Wildman–Crippen LogP) is 2.65. The van der Waals surface area contributed by atoms with Crippen molar-refractivity contribution in [2.24, 2.45) is 5.73 Å². The van der Waals surface area contributed by atoms with E-state index in [0.717, 1.165) is 17.0 Å². The van der Waals surface area contributed by atoms with E-state index in [1.807, 2.05) is 37.3 Å². The Bertz CT molecular complexity index is 528. The van der Waals surface area contributed by atoms with E-state index in [1.54, 1.807) is 0 Å². The fourth-order valence-electron chi connectivity index (χ4n) is 1.56. The number of benzene rings is 1. The van der Waals surface area contributed by atoms with Gasteiger partial charge in [-0.2, -0.15) is 10.2 Å². The summed E-state index contributed by atoms with van der Waals surface area (Å²) in [6, 6.07) is 9.29. The van der Waals surface area contributed by atoms with E-state index in [1.165, 1.54) is 0 Å². The largest absolute Gasteiger partial charge is 0.492 e. The van der Waals surface area contributed by atoms with Gasteiger partial charge in [0.05, 0.1) is 23.0 Å². The Morgan fingerprint density at radius 2 is 2.06 bits per heavy atom. The molecule has 0 fully saturated rings. The molecule has 0 aliphatic carbocycles. The second-order valence-corrected chi connectivity index (χ2v) is 4.10. The molecule has 1 aromatic carbocycles. The third-order valence-electron chi connectivity index (χ3n) is 2.46. The molecule has 1 aromatic heterocycles. The van der Waals surface area contributed by atoms with E-state index < -0.39 is 0 Å². The zero-order valence-corrected chi connectivity index (χ0v) is 10.8. The van der Waals surface area contributed by atoms with Crippen molar-refractivity contribution in [3.8, 4) is 17.0 Å². The van der Waals surface area contributed by atoms with Gasteiger partial charge in [-0.25, -0.2) is 0 Å². The minimum Gasteiger partial charge on any atom is -0.492 e. The average molecular weight is 264 g/mol. The predicted molar refractivity (Wildman–Crippen MR) is 71.5 cm³/mol. The van der Waals surface area contributed by atoms with Gasteiger partial charge in [0.25, 0.3) is 0 Å². The quantitative estimate of drug-likeness (QED) is 0.921. The first kappa shape index (κ1) is 12.8. The van der Waals surface area contributed by atoms with Gasteiger partial charge in [-0.1, -0.05) is 11.6 Å². The lowest BCUT2D eigenvalue weighted by molar-refractivity contribution is 0.340. The minimum absolute atomic E-state index is 0.386. The Kier molecular flexibility index (Phi) is 4.12. The van der Waals surface area contributed by atoms with Crippen LogP contribution in [0.4, 0.5) is 0 Å². The first-order chi connectivity index (χ1) is 8.74. The van der Waals surface area contributed by atoms with Gasteiger partial charge in [0.1, 0.15) is 5.75 Å². The Balaban J connectivity index is 2.30. The number of rotatable bonds is 4. The molecular formula is C13H14ClN3O. The number of aromatic nitrogens is 2. The molecule has 0 amide bonds. The second kappa shape index (κ2) is 5.80. The SMILES string of the molecule is CCOc1ccc(-c2ccc(CN)nn2)cc1Cl. The van der Waals surface area contributed by atoms with Crippen molar-refractivity contribution >= 4 is 11.6 Å². The van der Waals surface area contributed by atoms with Crippen LogP contribution in [0.15, 0.2) is 30.3 Å². The molecule has 5 heteroatoms. The maximum absolute atomic E-state index is 6.12. The van der Waals surface area contributed by atoms with E-state index in [9.17, 15) is 0 Å². The molecule has 0 aliphatic heterocycles. The summed E-state index contributed by atoms with van der Waals surface area (Å²) in [5, 5.41) is 8.69. The number of ether oxygens (including phenoxy) is 1. The Labute approximate surface area is 111 Å². The van der Waals surface area contributed by atoms with E-state index >= 15 is 0 Å². The third-order valence-corrected chi connectivity index (χ3v) is 2.75. The Morgan fingerprint density at radius 3 is 2.61 bits per heavy atom. The molecular weight excluding hydrogens is 250 g/mol. The highest BCUT2D eigenvalue weighted by atomic mass is 35.5. The van der Waals surface area contributed by atoms with Crippen LogP contribution in [0.25, 0.3) is 11.3 Å². The molecule has 4 nitrogen and oxygen atoms in total. The Hall–Kier alpha value is -1.65. The van der Waals surface area contributed by atoms with Gasteiger partial charge in [-0.15, -0.1) is 0 Å². The highest BCUT2D eigenvalue weighted by molar-refractivity contribution is 6.32. The maximum atomic E-state index is 6.12. The topological polar surface area (TPSA) is 61.0 Å². The smallest absolute Gasteiger partial charge is 0.137 e. The van der Waals surface area contributed by atoms with Crippen LogP contribution in [-0.2, 0) is 6.54 Å². The van der Waals surface area contributed by atoms with Crippen LogP contribution in [0.1, 0.15) is 12.6 Å². The summed E-state index contributed by atoms with van der Waals surface area (Å²) in [7, 11) is 0. The van der Waals surface area contributed by atoms with Crippen molar-refractivity contribution in [3.63, 3.8) is 0 Å². The van der Waals surface area contributed by atoms with Gasteiger partial charge < -0.3 is 10.5 Å². The van der Waals surface area contributed by atoms with Crippen molar-refractivity contribution < 1.29 is 4.74 Å². The van der Waals surface area contributed by atoms with Crippen LogP contribution in [0.5, 0.6) is 5.75 Å². The van der Waals surface area contributed by atoms with Gasteiger partial charge >= 0.3 is 0 Å². The van der Waals surface area contributed by atoms with Gasteiger partial charge in [0, 0.05) is 12.1 Å². The molecule has 2 N–H and O–H groups in total. The molecule has 0 aliphatic rings. The number of hydrogen-bond acceptors (Lipinski definition) is 4. The van der Waals surface area contributed by atoms with Gasteiger partial charge in [-0.05, 0) is 37.3 Å². The fraction of sp³-hybridized carbons (Fsp3) is 0.231. The normalized spacial score (nSPS) is 10.4. The summed E-state index contributed by atoms with van der Waals surface area (Å²) in [6.45, 7) is 2.89. The standard InChI is InChI=1S/C13H14ClN3O/c1-2-18-13-6-3-9(7-11(13)14)12-5-4-10(8-15)16-17-12/h3-7H,2,8,15H2,1H3. The summed E-state index contributed by atoms with van der Waals surface area (Å²) in [6.07, 6.45) is 0. The van der Waals surface area contributed by atoms with Crippen LogP contribution in [0.2, 0.25) is 5.02 Å². The van der Waals surface area contributed by atoms with Gasteiger partial charge in [-0.3, -0.25) is 0 Å². The zero-order valence-electron chi connectivity index (χ0n) is 10.1. The molecule has 0 radical (unpaired) electrons. The fourth-order valence-corrected chi connectivity index (χ4v) is 1.79. The number of hydrogen-bond donors (Lipinski definition) is 1. The third kappa shape index (κ3) is 2.78. The van der Waals surface area contributed by atoms with Crippen LogP contribution in [-0.4, -0.2) is 16.8 Å². The number of nitrogens with zero attached hydrogens (tertiary/aromatic N) is 2. The first-order valence-electron chi connectivity index (χ1n) is 5.70. The average Bonchev–Trinajstić information content (AvgIpc) is 2.41. The first-order valence-corrected chi connectivity index (χ1v) is 6.07. The lowest BCUT2D eigenvalue weighted by atomic mass is 10.1. The van der Waals surface area contributed by atoms with Crippen molar-refractivity contribution in [1.29, 1.82) is 0 Å². The summed E-state index contributed by atoms with van der Waals surface area (Å²) in [4.78, 5) is 0. The number of nitrogens with two attached hydrogens (primary N) is 1. The van der Waals surface area contributed by atoms with E-state index in [0.29, 0.717) is 23.9 Å². The molecule has 2 aromatic rings. The lowest BCUT2D eigenvalue weighted by Gasteiger charge is -2.07. The minimum atomic E-state index is 0.386. The van der Waals surface area contributed by atoms with E-state index in [4.69, 9.17) is 22.1 Å². The molecule has 1 heterocycles. The van der Waals surface area contributed by atoms with Gasteiger partial charge in [0.15, 0.2) is 0 Å². The van der Waals surface area contributed by atoms with Crippen LogP contribution < -0.4 is 10.5 Å². The molecule has 0 bridgehead atoms. The molecule has 2 rings (SSSR count). The monoisotopic (exact) mass is 263 g/mol. The van der Waals surface area contributed by atoms with E-state index in [-0.39, 0.29) is 0 Å². The van der Waals surface area contributed by atoms with Crippen LogP contribution in [0.3, 0.4) is 0 Å². The van der Waals surface area contributed by atoms with Crippen molar-refractivity contribution in [2.45, 2.75) is 13.5 Å². The number of halogens is 1. The maximum Gasteiger partial charge on any atom is 0.137 e. The highest BCUT2D eigenvalue weighted by Gasteiger charge is 2.06. The summed E-state index contributed by atoms with van der Waals surface area (Å²) in [5.41, 5.74) is 7.90. The lowest BCUT2D eigenvalue weighted by Crippen LogP contribution is -2.01. The summed E-state index contributed by atoms with van der Waals surface area (Å²) < 4.78 is 5.38. The molecule has 0 saturated heterocycles. The van der Waals surface area contributed by atoms with Crippen LogP contribution in [0, 0.1) is 0 Å². The molecule has 0 atom stereocenters. The van der Waals surface area contributed by atoms with Crippen molar-refractivity contribution in [1.82, 2.24) is 10.2 Å². The van der Waals surface area contributed by atoms with E-state index in [2.05, 4.69) is 10.2 Å². The second-order valence-electron chi connectivity index (χ2n) is 3.69. The van der Waals surface area contributed by atoms with Crippen molar-refractivity contribution in [3.05, 3.63) is 41.0 Å². The van der Waals surface area contributed by atoms with Gasteiger partial charge in [0.2, 0.25) is 0 Å². The summed E-state index contributed by atoms with van der Waals surface area (Å²) in [5.74, 6) is 0.675. The molecule has 94 valence electrons. The molecule has 0 saturated carbocycles. The summed E-state index contributed by atoms with van der Waals surface area (Å²) >= 11 is 6.12. The molecule has 0 spiro atoms. The van der Waals surface area contributed by atoms with Crippen LogP contribution >= 0.6 is 11.6 Å².